The molecule has 0 amide bonds. The quantitative estimate of drug-likeness (QED) is 0.739. The molecule has 150 valence electrons. The predicted molar refractivity (Wildman–Crippen MR) is 106 cm³/mol. The summed E-state index contributed by atoms with van der Waals surface area (Å²) in [6.45, 7) is 7.29. The summed E-state index contributed by atoms with van der Waals surface area (Å²) in [6.07, 6.45) is 7.85. The predicted octanol–water partition coefficient (Wildman–Crippen LogP) is 4.61. The number of hydrogen-bond donors (Lipinski definition) is 1. The van der Waals surface area contributed by atoms with Gasteiger partial charge in [0, 0.05) is 12.8 Å². The molecule has 1 aliphatic carbocycles. The van der Waals surface area contributed by atoms with Crippen LogP contribution < -0.4 is 0 Å². The van der Waals surface area contributed by atoms with Crippen LogP contribution in [0.5, 0.6) is 0 Å². The van der Waals surface area contributed by atoms with E-state index < -0.39 is 18.0 Å². The van der Waals surface area contributed by atoms with E-state index in [9.17, 15) is 5.11 Å². The van der Waals surface area contributed by atoms with Gasteiger partial charge in [-0.05, 0) is 23.8 Å². The molecule has 4 nitrogen and oxygen atoms in total. The molecule has 1 saturated carbocycles. The van der Waals surface area contributed by atoms with Gasteiger partial charge in [0.15, 0.2) is 5.79 Å². The molecule has 0 radical (unpaired) electrons. The fraction of sp³-hybridized carbons (Fsp3) is 0.652. The Hall–Kier alpha value is -1.20. The molecule has 0 bridgehead atoms. The van der Waals surface area contributed by atoms with Gasteiger partial charge in [0.25, 0.3) is 0 Å². The van der Waals surface area contributed by atoms with Crippen LogP contribution in [0.1, 0.15) is 58.4 Å². The SMILES string of the molecule is CC(C)(C)/C=C/[C@H](OCc1ccccc1)[C@@H](O)[C@H]1COC2(CCCCC2)O1. The number of rotatable bonds is 6. The van der Waals surface area contributed by atoms with Gasteiger partial charge in [0.05, 0.1) is 13.2 Å². The van der Waals surface area contributed by atoms with Crippen LogP contribution in [0.15, 0.2) is 42.5 Å². The van der Waals surface area contributed by atoms with E-state index in [4.69, 9.17) is 14.2 Å². The van der Waals surface area contributed by atoms with Crippen molar-refractivity contribution >= 4 is 0 Å². The topological polar surface area (TPSA) is 47.9 Å². The van der Waals surface area contributed by atoms with Gasteiger partial charge in [-0.25, -0.2) is 0 Å². The average Bonchev–Trinajstić information content (AvgIpc) is 3.05. The molecule has 1 aliphatic heterocycles. The van der Waals surface area contributed by atoms with Crippen molar-refractivity contribution in [3.8, 4) is 0 Å². The second kappa shape index (κ2) is 8.87. The summed E-state index contributed by atoms with van der Waals surface area (Å²) in [5.41, 5.74) is 1.11. The lowest BCUT2D eigenvalue weighted by atomic mass is 9.94. The van der Waals surface area contributed by atoms with Gasteiger partial charge in [-0.1, -0.05) is 69.7 Å². The van der Waals surface area contributed by atoms with Crippen LogP contribution in [-0.4, -0.2) is 35.8 Å². The van der Waals surface area contributed by atoms with Crippen molar-refractivity contribution in [3.05, 3.63) is 48.0 Å². The van der Waals surface area contributed by atoms with E-state index in [2.05, 4.69) is 26.8 Å². The van der Waals surface area contributed by atoms with Crippen LogP contribution >= 0.6 is 0 Å². The lowest BCUT2D eigenvalue weighted by Crippen LogP contribution is -2.41. The third-order valence-electron chi connectivity index (χ3n) is 5.28. The summed E-state index contributed by atoms with van der Waals surface area (Å²) in [4.78, 5) is 0. The first-order valence-electron chi connectivity index (χ1n) is 10.2. The molecule has 3 rings (SSSR count). The standard InChI is InChI=1S/C23H34O4/c1-22(2,3)15-12-19(25-16-18-10-6-4-7-11-18)21(24)20-17-26-23(27-20)13-8-5-9-14-23/h4,6-7,10-12,15,19-21,24H,5,8-9,13-14,16-17H2,1-3H3/b15-12+/t19-,20+,21+/m0/s1. The van der Waals surface area contributed by atoms with Crippen molar-refractivity contribution in [2.75, 3.05) is 6.61 Å². The number of ether oxygens (including phenoxy) is 3. The minimum absolute atomic E-state index is 0.0195. The molecule has 1 aromatic rings. The highest BCUT2D eigenvalue weighted by Crippen LogP contribution is 2.39. The minimum Gasteiger partial charge on any atom is -0.387 e. The Morgan fingerprint density at radius 3 is 2.56 bits per heavy atom. The Labute approximate surface area is 163 Å². The smallest absolute Gasteiger partial charge is 0.169 e. The molecule has 0 aromatic heterocycles. The van der Waals surface area contributed by atoms with Crippen molar-refractivity contribution < 1.29 is 19.3 Å². The summed E-state index contributed by atoms with van der Waals surface area (Å²) < 4.78 is 18.3. The highest BCUT2D eigenvalue weighted by Gasteiger charge is 2.45. The first kappa shape index (κ1) is 20.5. The van der Waals surface area contributed by atoms with E-state index in [1.165, 1.54) is 6.42 Å². The van der Waals surface area contributed by atoms with Gasteiger partial charge in [-0.3, -0.25) is 0 Å². The second-order valence-corrected chi connectivity index (χ2v) is 8.92. The summed E-state index contributed by atoms with van der Waals surface area (Å²) in [6, 6.07) is 10.0. The molecular weight excluding hydrogens is 340 g/mol. The third-order valence-corrected chi connectivity index (χ3v) is 5.28. The molecule has 2 aliphatic rings. The van der Waals surface area contributed by atoms with Crippen LogP contribution in [-0.2, 0) is 20.8 Å². The number of aliphatic hydroxyl groups excluding tert-OH is 1. The molecule has 2 fully saturated rings. The van der Waals surface area contributed by atoms with Gasteiger partial charge >= 0.3 is 0 Å². The van der Waals surface area contributed by atoms with Crippen LogP contribution in [0.2, 0.25) is 0 Å². The maximum atomic E-state index is 11.0. The maximum Gasteiger partial charge on any atom is 0.169 e. The Morgan fingerprint density at radius 1 is 1.19 bits per heavy atom. The fourth-order valence-electron chi connectivity index (χ4n) is 3.73. The molecule has 0 unspecified atom stereocenters. The van der Waals surface area contributed by atoms with Crippen molar-refractivity contribution in [1.29, 1.82) is 0 Å². The third kappa shape index (κ3) is 5.89. The van der Waals surface area contributed by atoms with Crippen LogP contribution in [0.4, 0.5) is 0 Å². The molecule has 1 N–H and O–H groups in total. The highest BCUT2D eigenvalue weighted by atomic mass is 16.7. The lowest BCUT2D eigenvalue weighted by molar-refractivity contribution is -0.201. The molecule has 1 spiro atoms. The monoisotopic (exact) mass is 374 g/mol. The lowest BCUT2D eigenvalue weighted by Gasteiger charge is -2.33. The second-order valence-electron chi connectivity index (χ2n) is 8.92. The van der Waals surface area contributed by atoms with Crippen molar-refractivity contribution in [1.82, 2.24) is 0 Å². The molecule has 1 saturated heterocycles. The largest absolute Gasteiger partial charge is 0.387 e. The zero-order valence-electron chi connectivity index (χ0n) is 16.9. The number of hydrogen-bond acceptors (Lipinski definition) is 4. The van der Waals surface area contributed by atoms with E-state index >= 15 is 0 Å². The Morgan fingerprint density at radius 2 is 1.89 bits per heavy atom. The average molecular weight is 375 g/mol. The first-order valence-corrected chi connectivity index (χ1v) is 10.2. The Bertz CT molecular complexity index is 599. The zero-order valence-corrected chi connectivity index (χ0v) is 16.9. The minimum atomic E-state index is -0.756. The molecule has 1 heterocycles. The first-order chi connectivity index (χ1) is 12.9. The van der Waals surface area contributed by atoms with E-state index in [0.29, 0.717) is 13.2 Å². The van der Waals surface area contributed by atoms with Gasteiger partial charge in [-0.15, -0.1) is 0 Å². The van der Waals surface area contributed by atoms with Crippen molar-refractivity contribution in [2.45, 2.75) is 83.6 Å². The summed E-state index contributed by atoms with van der Waals surface area (Å²) in [5.74, 6) is -0.485. The van der Waals surface area contributed by atoms with E-state index in [1.807, 2.05) is 36.4 Å². The van der Waals surface area contributed by atoms with Crippen LogP contribution in [0.25, 0.3) is 0 Å². The van der Waals surface area contributed by atoms with E-state index in [0.717, 1.165) is 31.2 Å². The van der Waals surface area contributed by atoms with Gasteiger partial charge in [-0.2, -0.15) is 0 Å². The number of benzene rings is 1. The van der Waals surface area contributed by atoms with Crippen molar-refractivity contribution in [2.24, 2.45) is 5.41 Å². The van der Waals surface area contributed by atoms with Gasteiger partial charge in [0.1, 0.15) is 18.3 Å². The van der Waals surface area contributed by atoms with Crippen LogP contribution in [0, 0.1) is 5.41 Å². The normalized spacial score (nSPS) is 25.1. The maximum absolute atomic E-state index is 11.0. The zero-order chi connectivity index (χ0) is 19.3. The molecule has 27 heavy (non-hydrogen) atoms. The van der Waals surface area contributed by atoms with E-state index in [-0.39, 0.29) is 11.5 Å². The summed E-state index contributed by atoms with van der Waals surface area (Å²) >= 11 is 0. The molecule has 4 heteroatoms. The summed E-state index contributed by atoms with van der Waals surface area (Å²) in [7, 11) is 0. The Kier molecular flexibility index (Phi) is 6.74. The molecular formula is C23H34O4. The number of aliphatic hydroxyl groups is 1. The van der Waals surface area contributed by atoms with Crippen molar-refractivity contribution in [3.63, 3.8) is 0 Å². The molecule has 3 atom stereocenters. The van der Waals surface area contributed by atoms with Gasteiger partial charge in [0.2, 0.25) is 0 Å². The van der Waals surface area contributed by atoms with Crippen LogP contribution in [0.3, 0.4) is 0 Å². The molecule has 1 aromatic carbocycles. The summed E-state index contributed by atoms with van der Waals surface area (Å²) in [5, 5.41) is 11.0. The van der Waals surface area contributed by atoms with E-state index in [1.54, 1.807) is 0 Å². The van der Waals surface area contributed by atoms with Gasteiger partial charge < -0.3 is 19.3 Å². The fourth-order valence-corrected chi connectivity index (χ4v) is 3.73. The number of allylic oxidation sites excluding steroid dienone is 1. The Balaban J connectivity index is 1.66. The highest BCUT2D eigenvalue weighted by molar-refractivity contribution is 5.14.